The molecule has 2 aromatic rings. The van der Waals surface area contributed by atoms with Crippen molar-refractivity contribution in [2.45, 2.75) is 0 Å². The molecule has 3 N–H and O–H groups in total. The molecule has 0 saturated carbocycles. The molecule has 4 nitrogen and oxygen atoms in total. The third-order valence-corrected chi connectivity index (χ3v) is 2.90. The largest absolute Gasteiger partial charge is 0.396 e. The first-order chi connectivity index (χ1) is 9.47. The van der Waals surface area contributed by atoms with Crippen molar-refractivity contribution < 1.29 is 9.18 Å². The number of nitrogens with two attached hydrogens (primary N) is 1. The van der Waals surface area contributed by atoms with Crippen molar-refractivity contribution in [2.75, 3.05) is 30.0 Å². The maximum Gasteiger partial charge on any atom is 0.255 e. The molecule has 0 bridgehead atoms. The van der Waals surface area contributed by atoms with E-state index in [-0.39, 0.29) is 11.6 Å². The number of amides is 1. The highest BCUT2D eigenvalue weighted by atomic mass is 19.1. The van der Waals surface area contributed by atoms with Crippen LogP contribution in [0.1, 0.15) is 10.4 Å². The van der Waals surface area contributed by atoms with E-state index in [0.717, 1.165) is 5.69 Å². The molecule has 1 amide bonds. The van der Waals surface area contributed by atoms with Crippen LogP contribution in [0.4, 0.5) is 21.5 Å². The first kappa shape index (κ1) is 13.9. The molecule has 0 atom stereocenters. The standard InChI is InChI=1S/C15H16FN3O/c1-19(2)12-6-3-10(4-7-12)15(20)18-11-5-8-14(17)13(16)9-11/h3-9H,17H2,1-2H3,(H,18,20). The van der Waals surface area contributed by atoms with E-state index in [9.17, 15) is 9.18 Å². The Morgan fingerprint density at radius 3 is 2.35 bits per heavy atom. The second-order valence-corrected chi connectivity index (χ2v) is 4.63. The molecule has 0 unspecified atom stereocenters. The van der Waals surface area contributed by atoms with Crippen LogP contribution in [0, 0.1) is 5.82 Å². The van der Waals surface area contributed by atoms with Crippen molar-refractivity contribution in [3.8, 4) is 0 Å². The molecule has 0 radical (unpaired) electrons. The number of benzene rings is 2. The highest BCUT2D eigenvalue weighted by Crippen LogP contribution is 2.18. The number of nitrogens with zero attached hydrogens (tertiary/aromatic N) is 1. The highest BCUT2D eigenvalue weighted by Gasteiger charge is 2.08. The van der Waals surface area contributed by atoms with Crippen LogP contribution < -0.4 is 16.0 Å². The molecular formula is C15H16FN3O. The Bertz CT molecular complexity index is 624. The zero-order valence-electron chi connectivity index (χ0n) is 11.4. The van der Waals surface area contributed by atoms with Crippen molar-refractivity contribution in [3.63, 3.8) is 0 Å². The Kier molecular flexibility index (Phi) is 3.89. The van der Waals surface area contributed by atoms with E-state index in [0.29, 0.717) is 11.3 Å². The maximum absolute atomic E-state index is 13.3. The molecular weight excluding hydrogens is 257 g/mol. The molecule has 5 heteroatoms. The summed E-state index contributed by atoms with van der Waals surface area (Å²) in [6.07, 6.45) is 0. The summed E-state index contributed by atoms with van der Waals surface area (Å²) in [4.78, 5) is 14.0. The van der Waals surface area contributed by atoms with Crippen molar-refractivity contribution in [1.82, 2.24) is 0 Å². The number of anilines is 3. The van der Waals surface area contributed by atoms with E-state index < -0.39 is 5.82 Å². The van der Waals surface area contributed by atoms with Gasteiger partial charge in [-0.1, -0.05) is 0 Å². The first-order valence-electron chi connectivity index (χ1n) is 6.11. The summed E-state index contributed by atoms with van der Waals surface area (Å²) in [5.41, 5.74) is 7.32. The van der Waals surface area contributed by atoms with Crippen LogP contribution in [-0.4, -0.2) is 20.0 Å². The number of carbonyl (C=O) groups excluding carboxylic acids is 1. The highest BCUT2D eigenvalue weighted by molar-refractivity contribution is 6.04. The van der Waals surface area contributed by atoms with Crippen molar-refractivity contribution in [3.05, 3.63) is 53.8 Å². The predicted molar refractivity (Wildman–Crippen MR) is 79.5 cm³/mol. The third kappa shape index (κ3) is 3.06. The number of halogens is 1. The van der Waals surface area contributed by atoms with Crippen LogP contribution in [-0.2, 0) is 0 Å². The molecule has 0 fully saturated rings. The number of rotatable bonds is 3. The Morgan fingerprint density at radius 2 is 1.80 bits per heavy atom. The number of nitrogen functional groups attached to an aromatic ring is 1. The molecule has 0 aromatic heterocycles. The van der Waals surface area contributed by atoms with Gasteiger partial charge in [0.25, 0.3) is 5.91 Å². The number of nitrogens with one attached hydrogen (secondary N) is 1. The lowest BCUT2D eigenvalue weighted by molar-refractivity contribution is 0.102. The number of hydrogen-bond acceptors (Lipinski definition) is 3. The van der Waals surface area contributed by atoms with Gasteiger partial charge in [-0.2, -0.15) is 0 Å². The summed E-state index contributed by atoms with van der Waals surface area (Å²) < 4.78 is 13.3. The molecule has 2 rings (SSSR count). The topological polar surface area (TPSA) is 58.4 Å². The van der Waals surface area contributed by atoms with Crippen LogP contribution in [0.5, 0.6) is 0 Å². The molecule has 0 saturated heterocycles. The van der Waals surface area contributed by atoms with Gasteiger partial charge >= 0.3 is 0 Å². The Balaban J connectivity index is 2.13. The minimum atomic E-state index is -0.550. The maximum atomic E-state index is 13.3. The summed E-state index contributed by atoms with van der Waals surface area (Å²) in [5, 5.41) is 2.63. The lowest BCUT2D eigenvalue weighted by Crippen LogP contribution is -2.13. The summed E-state index contributed by atoms with van der Waals surface area (Å²) in [5.74, 6) is -0.842. The summed E-state index contributed by atoms with van der Waals surface area (Å²) >= 11 is 0. The minimum absolute atomic E-state index is 0.0540. The third-order valence-electron chi connectivity index (χ3n) is 2.90. The van der Waals surface area contributed by atoms with E-state index in [1.54, 1.807) is 18.2 Å². The van der Waals surface area contributed by atoms with Crippen molar-refractivity contribution in [2.24, 2.45) is 0 Å². The van der Waals surface area contributed by atoms with Gasteiger partial charge in [0.15, 0.2) is 0 Å². The molecule has 0 aliphatic heterocycles. The monoisotopic (exact) mass is 273 g/mol. The van der Waals surface area contributed by atoms with E-state index in [4.69, 9.17) is 5.73 Å². The zero-order valence-corrected chi connectivity index (χ0v) is 11.4. The van der Waals surface area contributed by atoms with Gasteiger partial charge in [-0.15, -0.1) is 0 Å². The predicted octanol–water partition coefficient (Wildman–Crippen LogP) is 2.73. The van der Waals surface area contributed by atoms with E-state index in [1.165, 1.54) is 12.1 Å². The van der Waals surface area contributed by atoms with Gasteiger partial charge in [0.1, 0.15) is 5.82 Å². The van der Waals surface area contributed by atoms with Crippen LogP contribution in [0.2, 0.25) is 0 Å². The van der Waals surface area contributed by atoms with Gasteiger partial charge in [0.05, 0.1) is 5.69 Å². The van der Waals surface area contributed by atoms with Gasteiger partial charge in [-0.05, 0) is 42.5 Å². The van der Waals surface area contributed by atoms with E-state index >= 15 is 0 Å². The SMILES string of the molecule is CN(C)c1ccc(C(=O)Nc2ccc(N)c(F)c2)cc1. The normalized spacial score (nSPS) is 10.2. The minimum Gasteiger partial charge on any atom is -0.396 e. The average molecular weight is 273 g/mol. The Labute approximate surface area is 117 Å². The lowest BCUT2D eigenvalue weighted by Gasteiger charge is -2.12. The summed E-state index contributed by atoms with van der Waals surface area (Å²) in [6.45, 7) is 0. The fraction of sp³-hybridized carbons (Fsp3) is 0.133. The average Bonchev–Trinajstić information content (AvgIpc) is 2.43. The van der Waals surface area contributed by atoms with Gasteiger partial charge in [-0.25, -0.2) is 4.39 Å². The first-order valence-corrected chi connectivity index (χ1v) is 6.11. The van der Waals surface area contributed by atoms with Gasteiger partial charge < -0.3 is 16.0 Å². The van der Waals surface area contributed by atoms with Crippen molar-refractivity contribution >= 4 is 23.0 Å². The lowest BCUT2D eigenvalue weighted by atomic mass is 10.2. The molecule has 20 heavy (non-hydrogen) atoms. The molecule has 104 valence electrons. The Morgan fingerprint density at radius 1 is 1.15 bits per heavy atom. The van der Waals surface area contributed by atoms with Crippen LogP contribution in [0.25, 0.3) is 0 Å². The Hall–Kier alpha value is -2.56. The van der Waals surface area contributed by atoms with Gasteiger partial charge in [0.2, 0.25) is 0 Å². The van der Waals surface area contributed by atoms with E-state index in [1.807, 2.05) is 31.1 Å². The second kappa shape index (κ2) is 5.61. The van der Waals surface area contributed by atoms with Gasteiger partial charge in [-0.3, -0.25) is 4.79 Å². The molecule has 0 spiro atoms. The molecule has 2 aromatic carbocycles. The molecule has 0 heterocycles. The van der Waals surface area contributed by atoms with E-state index in [2.05, 4.69) is 5.32 Å². The smallest absolute Gasteiger partial charge is 0.255 e. The second-order valence-electron chi connectivity index (χ2n) is 4.63. The quantitative estimate of drug-likeness (QED) is 0.845. The van der Waals surface area contributed by atoms with Crippen molar-refractivity contribution in [1.29, 1.82) is 0 Å². The summed E-state index contributed by atoms with van der Waals surface area (Å²) in [7, 11) is 3.85. The number of hydrogen-bond donors (Lipinski definition) is 2. The zero-order chi connectivity index (χ0) is 14.7. The summed E-state index contributed by atoms with van der Waals surface area (Å²) in [6, 6.07) is 11.3. The number of carbonyl (C=O) groups is 1. The van der Waals surface area contributed by atoms with Crippen LogP contribution >= 0.6 is 0 Å². The van der Waals surface area contributed by atoms with Gasteiger partial charge in [0, 0.05) is 31.0 Å². The molecule has 0 aliphatic rings. The van der Waals surface area contributed by atoms with Crippen LogP contribution in [0.15, 0.2) is 42.5 Å². The molecule has 0 aliphatic carbocycles. The fourth-order valence-corrected chi connectivity index (χ4v) is 1.72. The fourth-order valence-electron chi connectivity index (χ4n) is 1.72. The van der Waals surface area contributed by atoms with Crippen LogP contribution in [0.3, 0.4) is 0 Å².